The number of para-hydroxylation sites is 1. The van der Waals surface area contributed by atoms with Gasteiger partial charge in [0.25, 0.3) is 0 Å². The number of aromatic nitrogens is 1. The fraction of sp³-hybridized carbons (Fsp3) is 0.400. The second-order valence-electron chi connectivity index (χ2n) is 5.12. The average Bonchev–Trinajstić information content (AvgIpc) is 2.45. The van der Waals surface area contributed by atoms with Gasteiger partial charge in [-0.15, -0.1) is 0 Å². The summed E-state index contributed by atoms with van der Waals surface area (Å²) in [5, 5.41) is 10.3. The van der Waals surface area contributed by atoms with E-state index >= 15 is 0 Å². The number of aliphatic hydroxyl groups excluding tert-OH is 1. The Morgan fingerprint density at radius 3 is 2.75 bits per heavy atom. The number of nitrogens with zero attached hydrogens (tertiary/aromatic N) is 2. The third kappa shape index (κ3) is 3.25. The Hall–Kier alpha value is -1.69. The van der Waals surface area contributed by atoms with Crippen molar-refractivity contribution in [1.82, 2.24) is 9.88 Å². The Morgan fingerprint density at radius 1 is 1.35 bits per heavy atom. The molecule has 5 nitrogen and oxygen atoms in total. The van der Waals surface area contributed by atoms with Crippen LogP contribution in [0.2, 0.25) is 0 Å². The van der Waals surface area contributed by atoms with Gasteiger partial charge in [0, 0.05) is 30.1 Å². The van der Waals surface area contributed by atoms with Crippen molar-refractivity contribution in [1.29, 1.82) is 0 Å². The first-order valence-corrected chi connectivity index (χ1v) is 6.86. The van der Waals surface area contributed by atoms with Crippen LogP contribution in [0.1, 0.15) is 19.4 Å². The van der Waals surface area contributed by atoms with E-state index in [-0.39, 0.29) is 6.61 Å². The summed E-state index contributed by atoms with van der Waals surface area (Å²) in [5.41, 5.74) is 4.63. The highest BCUT2D eigenvalue weighted by Crippen LogP contribution is 2.21. The van der Waals surface area contributed by atoms with E-state index in [2.05, 4.69) is 35.2 Å². The van der Waals surface area contributed by atoms with Crippen LogP contribution < -0.4 is 11.3 Å². The zero-order chi connectivity index (χ0) is 14.5. The summed E-state index contributed by atoms with van der Waals surface area (Å²) in [6.07, 6.45) is 0. The quantitative estimate of drug-likeness (QED) is 0.552. The predicted octanol–water partition coefficient (Wildman–Crippen LogP) is 1.72. The highest BCUT2D eigenvalue weighted by Gasteiger charge is 2.13. The van der Waals surface area contributed by atoms with Gasteiger partial charge in [-0.1, -0.05) is 18.2 Å². The molecule has 2 rings (SSSR count). The Kier molecular flexibility index (Phi) is 4.89. The lowest BCUT2D eigenvalue weighted by molar-refractivity contribution is 0.159. The molecular formula is C15H22N4O. The minimum atomic E-state index is 0.143. The Morgan fingerprint density at radius 2 is 2.10 bits per heavy atom. The molecule has 0 saturated heterocycles. The summed E-state index contributed by atoms with van der Waals surface area (Å²) < 4.78 is 0. The first-order valence-electron chi connectivity index (χ1n) is 6.86. The maximum atomic E-state index is 9.16. The minimum Gasteiger partial charge on any atom is -0.395 e. The molecule has 4 N–H and O–H groups in total. The third-order valence-electron chi connectivity index (χ3n) is 3.43. The molecule has 0 amide bonds. The summed E-state index contributed by atoms with van der Waals surface area (Å²) in [5.74, 6) is 6.27. The number of nitrogens with one attached hydrogen (secondary N) is 1. The molecule has 2 aromatic rings. The second-order valence-corrected chi connectivity index (χ2v) is 5.12. The molecule has 0 aliphatic carbocycles. The Balaban J connectivity index is 2.36. The van der Waals surface area contributed by atoms with E-state index in [9.17, 15) is 0 Å². The van der Waals surface area contributed by atoms with Crippen molar-refractivity contribution in [3.8, 4) is 0 Å². The number of nitrogens with two attached hydrogens (primary N) is 1. The van der Waals surface area contributed by atoms with Crippen LogP contribution in [-0.4, -0.2) is 34.2 Å². The monoisotopic (exact) mass is 274 g/mol. The molecular weight excluding hydrogens is 252 g/mol. The van der Waals surface area contributed by atoms with E-state index in [0.717, 1.165) is 16.5 Å². The normalized spacial score (nSPS) is 11.5. The summed E-state index contributed by atoms with van der Waals surface area (Å²) in [4.78, 5) is 6.73. The molecule has 1 heterocycles. The second kappa shape index (κ2) is 6.65. The largest absolute Gasteiger partial charge is 0.395 e. The van der Waals surface area contributed by atoms with Crippen LogP contribution in [-0.2, 0) is 6.54 Å². The first-order chi connectivity index (χ1) is 9.65. The molecule has 0 radical (unpaired) electrons. The zero-order valence-corrected chi connectivity index (χ0v) is 12.0. The average molecular weight is 274 g/mol. The van der Waals surface area contributed by atoms with Crippen molar-refractivity contribution in [2.45, 2.75) is 26.4 Å². The van der Waals surface area contributed by atoms with E-state index in [4.69, 9.17) is 10.9 Å². The number of benzene rings is 1. The summed E-state index contributed by atoms with van der Waals surface area (Å²) in [7, 11) is 0. The first kappa shape index (κ1) is 14.7. The van der Waals surface area contributed by atoms with Crippen molar-refractivity contribution < 1.29 is 5.11 Å². The number of anilines is 1. The van der Waals surface area contributed by atoms with E-state index < -0.39 is 0 Å². The molecule has 5 heteroatoms. The summed E-state index contributed by atoms with van der Waals surface area (Å²) in [6, 6.07) is 10.4. The molecule has 0 aliphatic rings. The van der Waals surface area contributed by atoms with Crippen molar-refractivity contribution in [2.75, 3.05) is 18.6 Å². The lowest BCUT2D eigenvalue weighted by Crippen LogP contribution is -2.33. The maximum absolute atomic E-state index is 9.16. The summed E-state index contributed by atoms with van der Waals surface area (Å²) in [6.45, 7) is 5.70. The Bertz CT molecular complexity index is 571. The molecule has 108 valence electrons. The standard InChI is InChI=1S/C15H22N4O/c1-11(2)19(7-8-20)10-13-9-12-5-3-4-6-14(12)17-15(13)18-16/h3-6,9,11,20H,7-8,10,16H2,1-2H3,(H,17,18). The van der Waals surface area contributed by atoms with Crippen molar-refractivity contribution in [2.24, 2.45) is 5.84 Å². The van der Waals surface area contributed by atoms with Crippen LogP contribution in [0.25, 0.3) is 10.9 Å². The van der Waals surface area contributed by atoms with Crippen LogP contribution >= 0.6 is 0 Å². The fourth-order valence-corrected chi connectivity index (χ4v) is 2.27. The maximum Gasteiger partial charge on any atom is 0.145 e. The Labute approximate surface area is 119 Å². The van der Waals surface area contributed by atoms with Gasteiger partial charge in [0.2, 0.25) is 0 Å². The predicted molar refractivity (Wildman–Crippen MR) is 82.2 cm³/mol. The highest BCUT2D eigenvalue weighted by atomic mass is 16.3. The number of fused-ring (bicyclic) bond motifs is 1. The van der Waals surface area contributed by atoms with Gasteiger partial charge in [-0.05, 0) is 26.0 Å². The van der Waals surface area contributed by atoms with Crippen LogP contribution in [0.4, 0.5) is 5.82 Å². The number of aliphatic hydroxyl groups is 1. The van der Waals surface area contributed by atoms with Gasteiger partial charge in [0.15, 0.2) is 0 Å². The molecule has 0 atom stereocenters. The molecule has 0 aliphatic heterocycles. The fourth-order valence-electron chi connectivity index (χ4n) is 2.27. The topological polar surface area (TPSA) is 74.4 Å². The van der Waals surface area contributed by atoms with Gasteiger partial charge in [-0.3, -0.25) is 4.90 Å². The van der Waals surface area contributed by atoms with Gasteiger partial charge in [0.05, 0.1) is 12.1 Å². The van der Waals surface area contributed by atoms with Crippen LogP contribution in [0.5, 0.6) is 0 Å². The van der Waals surface area contributed by atoms with Gasteiger partial charge in [-0.2, -0.15) is 0 Å². The summed E-state index contributed by atoms with van der Waals surface area (Å²) >= 11 is 0. The number of hydrazine groups is 1. The molecule has 20 heavy (non-hydrogen) atoms. The van der Waals surface area contributed by atoms with Gasteiger partial charge >= 0.3 is 0 Å². The van der Waals surface area contributed by atoms with Crippen LogP contribution in [0.3, 0.4) is 0 Å². The number of nitrogen functional groups attached to an aromatic ring is 1. The molecule has 0 saturated carbocycles. The van der Waals surface area contributed by atoms with Gasteiger partial charge in [-0.25, -0.2) is 10.8 Å². The molecule has 0 fully saturated rings. The number of hydrogen-bond acceptors (Lipinski definition) is 5. The number of rotatable bonds is 6. The smallest absolute Gasteiger partial charge is 0.145 e. The van der Waals surface area contributed by atoms with E-state index in [1.165, 1.54) is 0 Å². The lowest BCUT2D eigenvalue weighted by atomic mass is 10.1. The number of hydrogen-bond donors (Lipinski definition) is 3. The van der Waals surface area contributed by atoms with Gasteiger partial charge < -0.3 is 10.5 Å². The van der Waals surface area contributed by atoms with Crippen molar-refractivity contribution in [3.05, 3.63) is 35.9 Å². The van der Waals surface area contributed by atoms with Crippen molar-refractivity contribution in [3.63, 3.8) is 0 Å². The zero-order valence-electron chi connectivity index (χ0n) is 12.0. The molecule has 0 unspecified atom stereocenters. The SMILES string of the molecule is CC(C)N(CCO)Cc1cc2ccccc2nc1NN. The molecule has 0 spiro atoms. The molecule has 1 aromatic heterocycles. The van der Waals surface area contributed by atoms with E-state index in [0.29, 0.717) is 24.9 Å². The minimum absolute atomic E-state index is 0.143. The van der Waals surface area contributed by atoms with E-state index in [1.54, 1.807) is 0 Å². The molecule has 0 bridgehead atoms. The lowest BCUT2D eigenvalue weighted by Gasteiger charge is -2.26. The van der Waals surface area contributed by atoms with Gasteiger partial charge in [0.1, 0.15) is 5.82 Å². The van der Waals surface area contributed by atoms with Crippen LogP contribution in [0.15, 0.2) is 30.3 Å². The van der Waals surface area contributed by atoms with Crippen LogP contribution in [0, 0.1) is 0 Å². The van der Waals surface area contributed by atoms with Crippen molar-refractivity contribution >= 4 is 16.7 Å². The highest BCUT2D eigenvalue weighted by molar-refractivity contribution is 5.81. The molecule has 1 aromatic carbocycles. The third-order valence-corrected chi connectivity index (χ3v) is 3.43. The van der Waals surface area contributed by atoms with E-state index in [1.807, 2.05) is 24.3 Å². The number of pyridine rings is 1.